The number of thiazole rings is 1. The number of rotatable bonds is 6. The van der Waals surface area contributed by atoms with E-state index in [1.165, 1.54) is 11.3 Å². The number of hydrogen-bond donors (Lipinski definition) is 1. The highest BCUT2D eigenvalue weighted by atomic mass is 32.1. The monoisotopic (exact) mass is 318 g/mol. The SMILES string of the molecule is O=C(NCC1CCCO1)c1cccc(OCc2cscn2)c1. The van der Waals surface area contributed by atoms with Gasteiger partial charge in [0, 0.05) is 24.1 Å². The molecule has 6 heteroatoms. The van der Waals surface area contributed by atoms with E-state index < -0.39 is 0 Å². The molecule has 1 aliphatic heterocycles. The molecule has 2 aromatic rings. The van der Waals surface area contributed by atoms with Crippen molar-refractivity contribution in [3.8, 4) is 5.75 Å². The molecule has 22 heavy (non-hydrogen) atoms. The van der Waals surface area contributed by atoms with Crippen LogP contribution in [0.25, 0.3) is 0 Å². The molecule has 1 aromatic carbocycles. The molecule has 1 unspecified atom stereocenters. The first-order chi connectivity index (χ1) is 10.8. The Morgan fingerprint density at radius 2 is 2.45 bits per heavy atom. The van der Waals surface area contributed by atoms with Crippen molar-refractivity contribution in [2.45, 2.75) is 25.6 Å². The first kappa shape index (κ1) is 15.0. The topological polar surface area (TPSA) is 60.5 Å². The van der Waals surface area contributed by atoms with Crippen molar-refractivity contribution < 1.29 is 14.3 Å². The Kier molecular flexibility index (Phi) is 5.03. The maximum Gasteiger partial charge on any atom is 0.251 e. The quantitative estimate of drug-likeness (QED) is 0.889. The molecule has 1 saturated heterocycles. The van der Waals surface area contributed by atoms with E-state index in [4.69, 9.17) is 9.47 Å². The minimum absolute atomic E-state index is 0.102. The highest BCUT2D eigenvalue weighted by Crippen LogP contribution is 2.16. The van der Waals surface area contributed by atoms with E-state index in [-0.39, 0.29) is 12.0 Å². The predicted octanol–water partition coefficient (Wildman–Crippen LogP) is 2.63. The fraction of sp³-hybridized carbons (Fsp3) is 0.375. The summed E-state index contributed by atoms with van der Waals surface area (Å²) < 4.78 is 11.2. The third kappa shape index (κ3) is 4.05. The predicted molar refractivity (Wildman–Crippen MR) is 84.2 cm³/mol. The lowest BCUT2D eigenvalue weighted by Crippen LogP contribution is -2.31. The van der Waals surface area contributed by atoms with Crippen LogP contribution in [0.3, 0.4) is 0 Å². The zero-order valence-corrected chi connectivity index (χ0v) is 13.0. The van der Waals surface area contributed by atoms with Crippen LogP contribution < -0.4 is 10.1 Å². The number of ether oxygens (including phenoxy) is 2. The van der Waals surface area contributed by atoms with Gasteiger partial charge in [-0.25, -0.2) is 4.98 Å². The van der Waals surface area contributed by atoms with Gasteiger partial charge in [-0.2, -0.15) is 0 Å². The second kappa shape index (κ2) is 7.38. The van der Waals surface area contributed by atoms with Crippen molar-refractivity contribution in [2.24, 2.45) is 0 Å². The van der Waals surface area contributed by atoms with Crippen LogP contribution in [0.1, 0.15) is 28.9 Å². The van der Waals surface area contributed by atoms with Crippen molar-refractivity contribution in [1.29, 1.82) is 0 Å². The van der Waals surface area contributed by atoms with Gasteiger partial charge in [0.15, 0.2) is 0 Å². The summed E-state index contributed by atoms with van der Waals surface area (Å²) in [5.74, 6) is 0.562. The Morgan fingerprint density at radius 3 is 3.23 bits per heavy atom. The summed E-state index contributed by atoms with van der Waals surface area (Å²) in [6, 6.07) is 7.18. The lowest BCUT2D eigenvalue weighted by Gasteiger charge is -2.11. The molecule has 0 radical (unpaired) electrons. The number of hydrogen-bond acceptors (Lipinski definition) is 5. The Labute approximate surface area is 133 Å². The highest BCUT2D eigenvalue weighted by Gasteiger charge is 2.16. The third-order valence-electron chi connectivity index (χ3n) is 3.48. The van der Waals surface area contributed by atoms with E-state index in [1.807, 2.05) is 17.5 Å². The van der Waals surface area contributed by atoms with E-state index in [1.54, 1.807) is 17.6 Å². The van der Waals surface area contributed by atoms with Gasteiger partial charge in [-0.15, -0.1) is 11.3 Å². The standard InChI is InChI=1S/C16H18N2O3S/c19-16(17-8-15-5-2-6-20-15)12-3-1-4-14(7-12)21-9-13-10-22-11-18-13/h1,3-4,7,10-11,15H,2,5-6,8-9H2,(H,17,19). The molecule has 1 amide bonds. The smallest absolute Gasteiger partial charge is 0.251 e. The Morgan fingerprint density at radius 1 is 1.50 bits per heavy atom. The Hall–Kier alpha value is -1.92. The number of benzene rings is 1. The molecule has 2 heterocycles. The molecular weight excluding hydrogens is 300 g/mol. The van der Waals surface area contributed by atoms with Gasteiger partial charge < -0.3 is 14.8 Å². The summed E-state index contributed by atoms with van der Waals surface area (Å²) in [6.45, 7) is 1.76. The van der Waals surface area contributed by atoms with Crippen molar-refractivity contribution in [1.82, 2.24) is 10.3 Å². The molecule has 0 aliphatic carbocycles. The van der Waals surface area contributed by atoms with Gasteiger partial charge in [-0.1, -0.05) is 6.07 Å². The second-order valence-electron chi connectivity index (χ2n) is 5.14. The minimum Gasteiger partial charge on any atom is -0.487 e. The van der Waals surface area contributed by atoms with Crippen LogP contribution in [0.15, 0.2) is 35.2 Å². The first-order valence-electron chi connectivity index (χ1n) is 7.31. The summed E-state index contributed by atoms with van der Waals surface area (Å²) in [6.07, 6.45) is 2.23. The third-order valence-corrected chi connectivity index (χ3v) is 4.12. The van der Waals surface area contributed by atoms with Gasteiger partial charge in [0.2, 0.25) is 0 Å². The van der Waals surface area contributed by atoms with Gasteiger partial charge in [0.1, 0.15) is 12.4 Å². The first-order valence-corrected chi connectivity index (χ1v) is 8.25. The average molecular weight is 318 g/mol. The van der Waals surface area contributed by atoms with Crippen LogP contribution in [0.4, 0.5) is 0 Å². The molecule has 0 saturated carbocycles. The van der Waals surface area contributed by atoms with Crippen LogP contribution in [0.5, 0.6) is 5.75 Å². The largest absolute Gasteiger partial charge is 0.487 e. The average Bonchev–Trinajstić information content (AvgIpc) is 3.24. The highest BCUT2D eigenvalue weighted by molar-refractivity contribution is 7.07. The lowest BCUT2D eigenvalue weighted by atomic mass is 10.2. The summed E-state index contributed by atoms with van der Waals surface area (Å²) in [4.78, 5) is 16.3. The number of nitrogens with zero attached hydrogens (tertiary/aromatic N) is 1. The van der Waals surface area contributed by atoms with Crippen LogP contribution in [0, 0.1) is 0 Å². The van der Waals surface area contributed by atoms with Crippen LogP contribution in [-0.2, 0) is 11.3 Å². The Balaban J connectivity index is 1.54. The zero-order valence-electron chi connectivity index (χ0n) is 12.2. The fourth-order valence-electron chi connectivity index (χ4n) is 2.31. The molecule has 1 aliphatic rings. The fourth-order valence-corrected chi connectivity index (χ4v) is 2.85. The van der Waals surface area contributed by atoms with Gasteiger partial charge in [0.05, 0.1) is 17.3 Å². The number of aromatic nitrogens is 1. The summed E-state index contributed by atoms with van der Waals surface area (Å²) in [5, 5.41) is 4.85. The number of amides is 1. The molecule has 1 fully saturated rings. The molecule has 1 atom stereocenters. The molecular formula is C16H18N2O3S. The second-order valence-corrected chi connectivity index (χ2v) is 5.86. The lowest BCUT2D eigenvalue weighted by molar-refractivity contribution is 0.0857. The zero-order chi connectivity index (χ0) is 15.2. The van der Waals surface area contributed by atoms with Crippen molar-refractivity contribution >= 4 is 17.2 Å². The van der Waals surface area contributed by atoms with Crippen molar-refractivity contribution in [2.75, 3.05) is 13.2 Å². The Bertz CT molecular complexity index is 610. The van der Waals surface area contributed by atoms with Crippen molar-refractivity contribution in [3.63, 3.8) is 0 Å². The maximum absolute atomic E-state index is 12.2. The summed E-state index contributed by atoms with van der Waals surface area (Å²) in [7, 11) is 0. The van der Waals surface area contributed by atoms with E-state index in [0.29, 0.717) is 24.5 Å². The summed E-state index contributed by atoms with van der Waals surface area (Å²) in [5.41, 5.74) is 3.25. The van der Waals surface area contributed by atoms with Crippen LogP contribution in [-0.4, -0.2) is 30.1 Å². The van der Waals surface area contributed by atoms with E-state index in [2.05, 4.69) is 10.3 Å². The van der Waals surface area contributed by atoms with Gasteiger partial charge in [-0.3, -0.25) is 4.79 Å². The molecule has 116 valence electrons. The van der Waals surface area contributed by atoms with Crippen LogP contribution in [0.2, 0.25) is 0 Å². The molecule has 3 rings (SSSR count). The minimum atomic E-state index is -0.102. The normalized spacial score (nSPS) is 17.4. The molecule has 5 nitrogen and oxygen atoms in total. The van der Waals surface area contributed by atoms with Crippen LogP contribution >= 0.6 is 11.3 Å². The number of nitrogens with one attached hydrogen (secondary N) is 1. The molecule has 1 aromatic heterocycles. The van der Waals surface area contributed by atoms with Crippen molar-refractivity contribution in [3.05, 3.63) is 46.4 Å². The molecule has 0 bridgehead atoms. The van der Waals surface area contributed by atoms with Gasteiger partial charge >= 0.3 is 0 Å². The number of carbonyl (C=O) groups is 1. The maximum atomic E-state index is 12.2. The molecule has 0 spiro atoms. The summed E-state index contributed by atoms with van der Waals surface area (Å²) >= 11 is 1.53. The van der Waals surface area contributed by atoms with Gasteiger partial charge in [0.25, 0.3) is 5.91 Å². The van der Waals surface area contributed by atoms with E-state index in [0.717, 1.165) is 25.1 Å². The van der Waals surface area contributed by atoms with E-state index in [9.17, 15) is 4.79 Å². The molecule has 1 N–H and O–H groups in total. The van der Waals surface area contributed by atoms with E-state index >= 15 is 0 Å². The van der Waals surface area contributed by atoms with Gasteiger partial charge in [-0.05, 0) is 31.0 Å². The number of carbonyl (C=O) groups excluding carboxylic acids is 1.